The molecule has 5 nitrogen and oxygen atoms in total. The Balaban J connectivity index is 1.79. The fraction of sp³-hybridized carbons (Fsp3) is 0.125. The number of hydrogen-bond acceptors (Lipinski definition) is 4. The van der Waals surface area contributed by atoms with Crippen LogP contribution in [0.3, 0.4) is 0 Å². The van der Waals surface area contributed by atoms with Gasteiger partial charge in [-0.05, 0) is 41.0 Å². The Bertz CT molecular complexity index is 1130. The number of methoxy groups -OCH3 is 1. The second kappa shape index (κ2) is 7.72. The average Bonchev–Trinajstić information content (AvgIpc) is 2.74. The van der Waals surface area contributed by atoms with Crippen molar-refractivity contribution in [1.82, 2.24) is 4.98 Å². The van der Waals surface area contributed by atoms with Crippen molar-refractivity contribution in [2.24, 2.45) is 0 Å². The molecule has 0 saturated carbocycles. The Labute approximate surface area is 169 Å². The van der Waals surface area contributed by atoms with Crippen molar-refractivity contribution in [2.75, 3.05) is 12.0 Å². The van der Waals surface area contributed by atoms with Gasteiger partial charge in [0, 0.05) is 12.5 Å². The van der Waals surface area contributed by atoms with Gasteiger partial charge in [0.15, 0.2) is 0 Å². The van der Waals surface area contributed by atoms with Crippen LogP contribution < -0.4 is 4.90 Å². The molecule has 1 amide bonds. The average molecular weight is 384 g/mol. The molecule has 3 aromatic rings. The largest absolute Gasteiger partial charge is 0.464 e. The fourth-order valence-corrected chi connectivity index (χ4v) is 3.46. The van der Waals surface area contributed by atoms with Gasteiger partial charge in [-0.1, -0.05) is 48.6 Å². The first-order valence-corrected chi connectivity index (χ1v) is 9.30. The number of ether oxygens (including phenoxy) is 1. The van der Waals surface area contributed by atoms with Crippen LogP contribution in [0.5, 0.6) is 0 Å². The number of amides is 1. The molecule has 0 atom stereocenters. The van der Waals surface area contributed by atoms with Crippen LogP contribution in [0.2, 0.25) is 0 Å². The van der Waals surface area contributed by atoms with E-state index in [2.05, 4.69) is 11.1 Å². The molecule has 1 aliphatic heterocycles. The SMILES string of the molecule is COC(=O)c1cccc(-c2ccc3c(c2)/C=C\c2ccccc2N(C(C)=O)C3)n1. The summed E-state index contributed by atoms with van der Waals surface area (Å²) in [6.07, 6.45) is 4.07. The summed E-state index contributed by atoms with van der Waals surface area (Å²) in [4.78, 5) is 30.3. The molecule has 0 fully saturated rings. The minimum Gasteiger partial charge on any atom is -0.464 e. The molecule has 0 bridgehead atoms. The molecule has 2 aromatic carbocycles. The van der Waals surface area contributed by atoms with E-state index in [0.29, 0.717) is 12.2 Å². The third-order valence-electron chi connectivity index (χ3n) is 4.96. The van der Waals surface area contributed by atoms with E-state index in [1.165, 1.54) is 7.11 Å². The third-order valence-corrected chi connectivity index (χ3v) is 4.96. The molecule has 0 N–H and O–H groups in total. The number of benzene rings is 2. The maximum absolute atomic E-state index is 12.3. The second-order valence-corrected chi connectivity index (χ2v) is 6.81. The lowest BCUT2D eigenvalue weighted by Gasteiger charge is -2.26. The van der Waals surface area contributed by atoms with Crippen LogP contribution in [-0.2, 0) is 16.1 Å². The monoisotopic (exact) mass is 384 g/mol. The number of nitrogens with zero attached hydrogens (tertiary/aromatic N) is 2. The van der Waals surface area contributed by atoms with Gasteiger partial charge in [0.25, 0.3) is 0 Å². The highest BCUT2D eigenvalue weighted by Gasteiger charge is 2.18. The fourth-order valence-electron chi connectivity index (χ4n) is 3.46. The maximum atomic E-state index is 12.3. The quantitative estimate of drug-likeness (QED) is 0.607. The second-order valence-electron chi connectivity index (χ2n) is 6.81. The van der Waals surface area contributed by atoms with Gasteiger partial charge in [0.2, 0.25) is 5.91 Å². The van der Waals surface area contributed by atoms with E-state index in [-0.39, 0.29) is 11.6 Å². The number of fused-ring (bicyclic) bond motifs is 2. The zero-order valence-corrected chi connectivity index (χ0v) is 16.3. The summed E-state index contributed by atoms with van der Waals surface area (Å²) < 4.78 is 4.77. The molecule has 2 heterocycles. The molecule has 29 heavy (non-hydrogen) atoms. The van der Waals surface area contributed by atoms with Gasteiger partial charge >= 0.3 is 5.97 Å². The molecule has 1 aliphatic rings. The van der Waals surface area contributed by atoms with E-state index < -0.39 is 5.97 Å². The zero-order chi connectivity index (χ0) is 20.4. The molecule has 144 valence electrons. The molecule has 0 aliphatic carbocycles. The van der Waals surface area contributed by atoms with Crippen molar-refractivity contribution in [3.63, 3.8) is 0 Å². The minimum atomic E-state index is -0.466. The van der Waals surface area contributed by atoms with Gasteiger partial charge in [-0.25, -0.2) is 9.78 Å². The summed E-state index contributed by atoms with van der Waals surface area (Å²) in [5, 5.41) is 0. The molecule has 1 aromatic heterocycles. The summed E-state index contributed by atoms with van der Waals surface area (Å²) in [6, 6.07) is 19.1. The van der Waals surface area contributed by atoms with Crippen molar-refractivity contribution in [3.05, 3.63) is 83.0 Å². The molecule has 5 heteroatoms. The van der Waals surface area contributed by atoms with Crippen LogP contribution in [0, 0.1) is 0 Å². The molecule has 4 rings (SSSR count). The highest BCUT2D eigenvalue weighted by molar-refractivity contribution is 5.95. The predicted octanol–water partition coefficient (Wildman–Crippen LogP) is 4.57. The van der Waals surface area contributed by atoms with Gasteiger partial charge < -0.3 is 9.64 Å². The topological polar surface area (TPSA) is 59.5 Å². The van der Waals surface area contributed by atoms with Crippen LogP contribution in [-0.4, -0.2) is 24.0 Å². The van der Waals surface area contributed by atoms with Crippen LogP contribution in [0.4, 0.5) is 5.69 Å². The van der Waals surface area contributed by atoms with Crippen molar-refractivity contribution in [3.8, 4) is 11.3 Å². The zero-order valence-electron chi connectivity index (χ0n) is 16.3. The first-order valence-electron chi connectivity index (χ1n) is 9.30. The first-order chi connectivity index (χ1) is 14.1. The number of esters is 1. The summed E-state index contributed by atoms with van der Waals surface area (Å²) in [5.74, 6) is -0.470. The van der Waals surface area contributed by atoms with E-state index in [9.17, 15) is 9.59 Å². The van der Waals surface area contributed by atoms with Crippen molar-refractivity contribution in [1.29, 1.82) is 0 Å². The van der Waals surface area contributed by atoms with Crippen LogP contribution >= 0.6 is 0 Å². The first kappa shape index (κ1) is 18.6. The number of carbonyl (C=O) groups is 2. The lowest BCUT2D eigenvalue weighted by Crippen LogP contribution is -2.29. The normalized spacial score (nSPS) is 13.5. The molecular weight excluding hydrogens is 364 g/mol. The van der Waals surface area contributed by atoms with Gasteiger partial charge in [-0.15, -0.1) is 0 Å². The predicted molar refractivity (Wildman–Crippen MR) is 113 cm³/mol. The Hall–Kier alpha value is -3.73. The van der Waals surface area contributed by atoms with Crippen LogP contribution in [0.15, 0.2) is 60.7 Å². The summed E-state index contributed by atoms with van der Waals surface area (Å²) in [7, 11) is 1.34. The third kappa shape index (κ3) is 3.67. The number of para-hydroxylation sites is 1. The number of hydrogen-bond donors (Lipinski definition) is 0. The van der Waals surface area contributed by atoms with Crippen LogP contribution in [0.1, 0.15) is 34.1 Å². The van der Waals surface area contributed by atoms with Gasteiger partial charge in [-0.3, -0.25) is 4.79 Å². The summed E-state index contributed by atoms with van der Waals surface area (Å²) in [6.45, 7) is 2.07. The number of carbonyl (C=O) groups excluding carboxylic acids is 2. The molecule has 0 radical (unpaired) electrons. The minimum absolute atomic E-state index is 0.00442. The number of pyridine rings is 1. The van der Waals surface area contributed by atoms with E-state index in [1.807, 2.05) is 54.6 Å². The van der Waals surface area contributed by atoms with Gasteiger partial charge in [-0.2, -0.15) is 0 Å². The lowest BCUT2D eigenvalue weighted by atomic mass is 9.97. The van der Waals surface area contributed by atoms with Gasteiger partial charge in [0.1, 0.15) is 5.69 Å². The molecule has 0 spiro atoms. The maximum Gasteiger partial charge on any atom is 0.356 e. The number of anilines is 1. The molecule has 0 unspecified atom stereocenters. The molecule has 0 saturated heterocycles. The van der Waals surface area contributed by atoms with Crippen molar-refractivity contribution in [2.45, 2.75) is 13.5 Å². The van der Waals surface area contributed by atoms with E-state index >= 15 is 0 Å². The smallest absolute Gasteiger partial charge is 0.356 e. The Kier molecular flexibility index (Phi) is 4.96. The lowest BCUT2D eigenvalue weighted by molar-refractivity contribution is -0.116. The summed E-state index contributed by atoms with van der Waals surface area (Å²) >= 11 is 0. The molecular formula is C24H20N2O3. The Morgan fingerprint density at radius 1 is 0.966 bits per heavy atom. The highest BCUT2D eigenvalue weighted by atomic mass is 16.5. The van der Waals surface area contributed by atoms with Crippen molar-refractivity contribution < 1.29 is 14.3 Å². The Morgan fingerprint density at radius 3 is 2.55 bits per heavy atom. The van der Waals surface area contributed by atoms with E-state index in [1.54, 1.807) is 24.0 Å². The Morgan fingerprint density at radius 2 is 1.76 bits per heavy atom. The van der Waals surface area contributed by atoms with E-state index in [4.69, 9.17) is 4.74 Å². The van der Waals surface area contributed by atoms with Crippen LogP contribution in [0.25, 0.3) is 23.4 Å². The number of rotatable bonds is 2. The summed E-state index contributed by atoms with van der Waals surface area (Å²) in [5.41, 5.74) is 5.79. The van der Waals surface area contributed by atoms with Gasteiger partial charge in [0.05, 0.1) is 25.0 Å². The standard InChI is InChI=1S/C24H20N2O3/c1-16(27)26-15-20-13-12-19(21-7-5-8-22(25-21)24(28)29-2)14-18(20)11-10-17-6-3-4-9-23(17)26/h3-14H,15H2,1-2H3/b11-10-. The highest BCUT2D eigenvalue weighted by Crippen LogP contribution is 2.30. The number of aromatic nitrogens is 1. The van der Waals surface area contributed by atoms with E-state index in [0.717, 1.165) is 27.9 Å². The van der Waals surface area contributed by atoms with Crippen molar-refractivity contribution >= 4 is 29.7 Å².